The number of aromatic nitrogens is 1. The fourth-order valence-electron chi connectivity index (χ4n) is 2.66. The van der Waals surface area contributed by atoms with Gasteiger partial charge in [-0.1, -0.05) is 19.3 Å². The molecule has 0 radical (unpaired) electrons. The molecule has 0 atom stereocenters. The number of hydrogen-bond acceptors (Lipinski definition) is 4. The number of nitrogens with zero attached hydrogens (tertiary/aromatic N) is 1. The molecule has 7 heteroatoms. The van der Waals surface area contributed by atoms with Crippen molar-refractivity contribution in [3.8, 4) is 0 Å². The van der Waals surface area contributed by atoms with Gasteiger partial charge in [0.25, 0.3) is 0 Å². The minimum Gasteiger partial charge on any atom is -0.477 e. The number of carbonyl (C=O) groups is 2. The number of thiazole rings is 1. The molecule has 1 aliphatic carbocycles. The number of aryl methyl sites for hydroxylation is 1. The number of aromatic carboxylic acids is 1. The standard InChI is InChI=1S/C14H21N3O3S/c1-9-11(12(18)19)21-10(16-9)8-15-13(20)17-14(2)6-4-3-5-7-14/h3-8H2,1-2H3,(H,18,19)(H2,15,17,20). The molecule has 1 fully saturated rings. The molecule has 0 aromatic carbocycles. The molecule has 116 valence electrons. The first-order valence-corrected chi connectivity index (χ1v) is 7.97. The number of nitrogens with one attached hydrogen (secondary N) is 2. The van der Waals surface area contributed by atoms with Gasteiger partial charge in [0, 0.05) is 5.54 Å². The van der Waals surface area contributed by atoms with Gasteiger partial charge in [-0.3, -0.25) is 0 Å². The molecule has 0 bridgehead atoms. The van der Waals surface area contributed by atoms with E-state index in [9.17, 15) is 9.59 Å². The fourth-order valence-corrected chi connectivity index (χ4v) is 3.50. The number of urea groups is 1. The van der Waals surface area contributed by atoms with Gasteiger partial charge >= 0.3 is 12.0 Å². The SMILES string of the molecule is Cc1nc(CNC(=O)NC2(C)CCCCC2)sc1C(=O)O. The van der Waals surface area contributed by atoms with Gasteiger partial charge in [-0.2, -0.15) is 0 Å². The average molecular weight is 311 g/mol. The molecule has 1 aliphatic rings. The van der Waals surface area contributed by atoms with Gasteiger partial charge in [-0.25, -0.2) is 14.6 Å². The number of carboxylic acids is 1. The number of hydrogen-bond donors (Lipinski definition) is 3. The van der Waals surface area contributed by atoms with E-state index in [4.69, 9.17) is 5.11 Å². The summed E-state index contributed by atoms with van der Waals surface area (Å²) < 4.78 is 0. The summed E-state index contributed by atoms with van der Waals surface area (Å²) in [6.45, 7) is 3.98. The van der Waals surface area contributed by atoms with Crippen molar-refractivity contribution in [2.45, 2.75) is 58.0 Å². The lowest BCUT2D eigenvalue weighted by atomic mass is 9.83. The predicted octanol–water partition coefficient (Wildman–Crippen LogP) is 2.67. The second kappa shape index (κ2) is 6.43. The van der Waals surface area contributed by atoms with Crippen LogP contribution in [0.5, 0.6) is 0 Å². The molecular formula is C14H21N3O3S. The Bertz CT molecular complexity index is 536. The van der Waals surface area contributed by atoms with Crippen molar-refractivity contribution in [1.29, 1.82) is 0 Å². The van der Waals surface area contributed by atoms with Crippen LogP contribution in [0.15, 0.2) is 0 Å². The van der Waals surface area contributed by atoms with Crippen LogP contribution < -0.4 is 10.6 Å². The maximum Gasteiger partial charge on any atom is 0.347 e. The topological polar surface area (TPSA) is 91.3 Å². The summed E-state index contributed by atoms with van der Waals surface area (Å²) in [5.41, 5.74) is 0.358. The zero-order valence-corrected chi connectivity index (χ0v) is 13.2. The number of amides is 2. The molecule has 6 nitrogen and oxygen atoms in total. The molecule has 0 aliphatic heterocycles. The Hall–Kier alpha value is -1.63. The summed E-state index contributed by atoms with van der Waals surface area (Å²) in [6.07, 6.45) is 5.52. The summed E-state index contributed by atoms with van der Waals surface area (Å²) in [7, 11) is 0. The monoisotopic (exact) mass is 311 g/mol. The summed E-state index contributed by atoms with van der Waals surface area (Å²) in [5.74, 6) is -0.976. The van der Waals surface area contributed by atoms with Crippen molar-refractivity contribution in [2.24, 2.45) is 0 Å². The Morgan fingerprint density at radius 3 is 2.57 bits per heavy atom. The van der Waals surface area contributed by atoms with Gasteiger partial charge in [0.2, 0.25) is 0 Å². The Kier molecular flexibility index (Phi) is 4.82. The van der Waals surface area contributed by atoms with Crippen molar-refractivity contribution in [2.75, 3.05) is 0 Å². The van der Waals surface area contributed by atoms with E-state index in [1.807, 2.05) is 0 Å². The largest absolute Gasteiger partial charge is 0.477 e. The highest BCUT2D eigenvalue weighted by Crippen LogP contribution is 2.27. The molecule has 1 aromatic heterocycles. The van der Waals surface area contributed by atoms with Gasteiger partial charge in [0.05, 0.1) is 12.2 Å². The van der Waals surface area contributed by atoms with E-state index in [1.165, 1.54) is 6.42 Å². The van der Waals surface area contributed by atoms with Crippen LogP contribution in [0.2, 0.25) is 0 Å². The maximum atomic E-state index is 12.0. The van der Waals surface area contributed by atoms with Crippen molar-refractivity contribution in [1.82, 2.24) is 15.6 Å². The molecule has 0 unspecified atom stereocenters. The normalized spacial score (nSPS) is 17.2. The molecule has 0 saturated heterocycles. The average Bonchev–Trinajstić information content (AvgIpc) is 2.78. The third-order valence-electron chi connectivity index (χ3n) is 3.81. The minimum atomic E-state index is -0.976. The van der Waals surface area contributed by atoms with Gasteiger partial charge in [0.15, 0.2) is 0 Å². The zero-order valence-electron chi connectivity index (χ0n) is 12.4. The van der Waals surface area contributed by atoms with Crippen LogP contribution in [0.3, 0.4) is 0 Å². The van der Waals surface area contributed by atoms with Crippen LogP contribution in [0, 0.1) is 6.92 Å². The molecule has 2 rings (SSSR count). The molecule has 21 heavy (non-hydrogen) atoms. The van der Waals surface area contributed by atoms with E-state index >= 15 is 0 Å². The highest BCUT2D eigenvalue weighted by molar-refractivity contribution is 7.13. The molecule has 3 N–H and O–H groups in total. The molecule has 1 heterocycles. The Labute approximate surface area is 128 Å². The van der Waals surface area contributed by atoms with Crippen molar-refractivity contribution in [3.63, 3.8) is 0 Å². The first-order valence-electron chi connectivity index (χ1n) is 7.15. The summed E-state index contributed by atoms with van der Waals surface area (Å²) >= 11 is 1.10. The zero-order chi connectivity index (χ0) is 15.5. The van der Waals surface area contributed by atoms with Gasteiger partial charge in [-0.05, 0) is 26.7 Å². The maximum absolute atomic E-state index is 12.0. The van der Waals surface area contributed by atoms with E-state index in [2.05, 4.69) is 22.5 Å². The van der Waals surface area contributed by atoms with Gasteiger partial charge in [0.1, 0.15) is 9.88 Å². The van der Waals surface area contributed by atoms with E-state index < -0.39 is 5.97 Å². The Morgan fingerprint density at radius 2 is 2.00 bits per heavy atom. The fraction of sp³-hybridized carbons (Fsp3) is 0.643. The smallest absolute Gasteiger partial charge is 0.347 e. The van der Waals surface area contributed by atoms with Crippen molar-refractivity contribution in [3.05, 3.63) is 15.6 Å². The van der Waals surface area contributed by atoms with E-state index in [0.717, 1.165) is 37.0 Å². The van der Waals surface area contributed by atoms with Crippen molar-refractivity contribution < 1.29 is 14.7 Å². The van der Waals surface area contributed by atoms with E-state index in [1.54, 1.807) is 6.92 Å². The second-order valence-electron chi connectivity index (χ2n) is 5.76. The highest BCUT2D eigenvalue weighted by Gasteiger charge is 2.28. The number of rotatable bonds is 4. The van der Waals surface area contributed by atoms with Crippen LogP contribution in [0.4, 0.5) is 4.79 Å². The lowest BCUT2D eigenvalue weighted by Crippen LogP contribution is -2.50. The summed E-state index contributed by atoms with van der Waals surface area (Å²) in [5, 5.41) is 15.4. The highest BCUT2D eigenvalue weighted by atomic mass is 32.1. The third-order valence-corrected chi connectivity index (χ3v) is 4.95. The number of carbonyl (C=O) groups excluding carboxylic acids is 1. The summed E-state index contributed by atoms with van der Waals surface area (Å²) in [6, 6.07) is -0.218. The first kappa shape index (κ1) is 15.8. The first-order chi connectivity index (χ1) is 9.89. The predicted molar refractivity (Wildman–Crippen MR) is 80.7 cm³/mol. The quantitative estimate of drug-likeness (QED) is 0.797. The van der Waals surface area contributed by atoms with E-state index in [0.29, 0.717) is 10.7 Å². The molecule has 2 amide bonds. The van der Waals surface area contributed by atoms with Crippen LogP contribution in [0.25, 0.3) is 0 Å². The Morgan fingerprint density at radius 1 is 1.33 bits per heavy atom. The van der Waals surface area contributed by atoms with E-state index in [-0.39, 0.29) is 23.0 Å². The second-order valence-corrected chi connectivity index (χ2v) is 6.84. The number of carboxylic acid groups (broad SMARTS) is 1. The molecule has 1 aromatic rings. The van der Waals surface area contributed by atoms with Crippen LogP contribution in [-0.4, -0.2) is 27.6 Å². The molecule has 0 spiro atoms. The minimum absolute atomic E-state index is 0.132. The Balaban J connectivity index is 1.86. The van der Waals surface area contributed by atoms with Crippen LogP contribution in [-0.2, 0) is 6.54 Å². The van der Waals surface area contributed by atoms with Gasteiger partial charge in [-0.15, -0.1) is 11.3 Å². The molecular weight excluding hydrogens is 290 g/mol. The molecule has 1 saturated carbocycles. The lowest BCUT2D eigenvalue weighted by Gasteiger charge is -2.34. The summed E-state index contributed by atoms with van der Waals surface area (Å²) in [4.78, 5) is 27.3. The lowest BCUT2D eigenvalue weighted by molar-refractivity contribution is 0.0701. The van der Waals surface area contributed by atoms with Crippen LogP contribution >= 0.6 is 11.3 Å². The van der Waals surface area contributed by atoms with Gasteiger partial charge < -0.3 is 15.7 Å². The van der Waals surface area contributed by atoms with Crippen LogP contribution in [0.1, 0.15) is 59.4 Å². The third kappa shape index (κ3) is 4.17. The van der Waals surface area contributed by atoms with Crippen molar-refractivity contribution >= 4 is 23.3 Å².